The van der Waals surface area contributed by atoms with Crippen LogP contribution in [-0.4, -0.2) is 22.0 Å². The lowest BCUT2D eigenvalue weighted by molar-refractivity contribution is -0.386. The molecule has 0 fully saturated rings. The zero-order valence-corrected chi connectivity index (χ0v) is 9.01. The van der Waals surface area contributed by atoms with E-state index in [-0.39, 0.29) is 12.1 Å². The Kier molecular flexibility index (Phi) is 3.97. The molecule has 6 nitrogen and oxygen atoms in total. The van der Waals surface area contributed by atoms with Gasteiger partial charge in [0.05, 0.1) is 4.92 Å². The highest BCUT2D eigenvalue weighted by atomic mass is 19.1. The standard InChI is InChI=1S/C10H11FN2O4/c1-2-7(10(14)15)12-8-5-3-4-6(11)9(8)13(16)17/h3-5,7,12H,2H2,1H3,(H,14,15). The molecule has 2 N–H and O–H groups in total. The third-order valence-electron chi connectivity index (χ3n) is 2.21. The summed E-state index contributed by atoms with van der Waals surface area (Å²) in [7, 11) is 0. The van der Waals surface area contributed by atoms with Crippen molar-refractivity contribution in [2.75, 3.05) is 5.32 Å². The number of nitrogens with one attached hydrogen (secondary N) is 1. The lowest BCUT2D eigenvalue weighted by Crippen LogP contribution is -2.28. The van der Waals surface area contributed by atoms with Gasteiger partial charge in [-0.1, -0.05) is 13.0 Å². The van der Waals surface area contributed by atoms with Crippen molar-refractivity contribution >= 4 is 17.3 Å². The van der Waals surface area contributed by atoms with Crippen LogP contribution in [0.15, 0.2) is 18.2 Å². The van der Waals surface area contributed by atoms with Gasteiger partial charge in [0.2, 0.25) is 5.82 Å². The number of hydrogen-bond donors (Lipinski definition) is 2. The second-order valence-electron chi connectivity index (χ2n) is 3.34. The number of aliphatic carboxylic acids is 1. The van der Waals surface area contributed by atoms with Gasteiger partial charge in [0.15, 0.2) is 0 Å². The molecule has 1 aromatic carbocycles. The van der Waals surface area contributed by atoms with Gasteiger partial charge in [-0.15, -0.1) is 0 Å². The maximum atomic E-state index is 13.2. The quantitative estimate of drug-likeness (QED) is 0.608. The van der Waals surface area contributed by atoms with E-state index in [1.54, 1.807) is 6.92 Å². The minimum absolute atomic E-state index is 0.135. The van der Waals surface area contributed by atoms with Crippen LogP contribution in [0.5, 0.6) is 0 Å². The zero-order valence-electron chi connectivity index (χ0n) is 9.01. The van der Waals surface area contributed by atoms with E-state index in [1.807, 2.05) is 0 Å². The first kappa shape index (κ1) is 12.9. The molecule has 0 radical (unpaired) electrons. The molecule has 1 rings (SSSR count). The summed E-state index contributed by atoms with van der Waals surface area (Å²) in [5.74, 6) is -2.15. The van der Waals surface area contributed by atoms with Gasteiger partial charge in [-0.25, -0.2) is 4.79 Å². The smallest absolute Gasteiger partial charge is 0.327 e. The fourth-order valence-corrected chi connectivity index (χ4v) is 1.34. The number of carbonyl (C=O) groups is 1. The van der Waals surface area contributed by atoms with E-state index in [1.165, 1.54) is 12.1 Å². The molecule has 0 aliphatic rings. The molecular formula is C10H11FN2O4. The molecule has 17 heavy (non-hydrogen) atoms. The minimum Gasteiger partial charge on any atom is -0.480 e. The Morgan fingerprint density at radius 2 is 2.29 bits per heavy atom. The summed E-state index contributed by atoms with van der Waals surface area (Å²) in [5.41, 5.74) is -0.878. The molecule has 0 aliphatic heterocycles. The minimum atomic E-state index is -1.15. The van der Waals surface area contributed by atoms with Crippen LogP contribution >= 0.6 is 0 Å². The highest BCUT2D eigenvalue weighted by molar-refractivity contribution is 5.78. The van der Waals surface area contributed by atoms with E-state index in [4.69, 9.17) is 5.11 Å². The first-order valence-corrected chi connectivity index (χ1v) is 4.89. The molecule has 0 heterocycles. The Morgan fingerprint density at radius 3 is 2.76 bits per heavy atom. The van der Waals surface area contributed by atoms with E-state index < -0.39 is 28.4 Å². The maximum Gasteiger partial charge on any atom is 0.327 e. The average molecular weight is 242 g/mol. The summed E-state index contributed by atoms with van der Waals surface area (Å²) < 4.78 is 13.2. The fraction of sp³-hybridized carbons (Fsp3) is 0.300. The Morgan fingerprint density at radius 1 is 1.65 bits per heavy atom. The predicted molar refractivity (Wildman–Crippen MR) is 58.4 cm³/mol. The molecule has 1 atom stereocenters. The molecule has 1 aromatic rings. The van der Waals surface area contributed by atoms with Crippen LogP contribution in [0, 0.1) is 15.9 Å². The highest BCUT2D eigenvalue weighted by Crippen LogP contribution is 2.28. The van der Waals surface area contributed by atoms with Crippen molar-refractivity contribution in [1.29, 1.82) is 0 Å². The number of para-hydroxylation sites is 1. The van der Waals surface area contributed by atoms with Crippen LogP contribution in [0.2, 0.25) is 0 Å². The number of rotatable bonds is 5. The molecular weight excluding hydrogens is 231 g/mol. The van der Waals surface area contributed by atoms with Gasteiger partial charge >= 0.3 is 11.7 Å². The monoisotopic (exact) mass is 242 g/mol. The summed E-state index contributed by atoms with van der Waals surface area (Å²) >= 11 is 0. The molecule has 0 aromatic heterocycles. The number of nitrogens with zero attached hydrogens (tertiary/aromatic N) is 1. The van der Waals surface area contributed by atoms with Gasteiger partial charge in [-0.2, -0.15) is 4.39 Å². The Hall–Kier alpha value is -2.18. The molecule has 92 valence electrons. The molecule has 1 unspecified atom stereocenters. The largest absolute Gasteiger partial charge is 0.480 e. The summed E-state index contributed by atoms with van der Waals surface area (Å²) in [4.78, 5) is 20.6. The lowest BCUT2D eigenvalue weighted by Gasteiger charge is -2.13. The Labute approximate surface area is 96.2 Å². The van der Waals surface area contributed by atoms with Crippen LogP contribution in [-0.2, 0) is 4.79 Å². The van der Waals surface area contributed by atoms with E-state index in [0.29, 0.717) is 0 Å². The molecule has 0 bridgehead atoms. The second-order valence-corrected chi connectivity index (χ2v) is 3.34. The molecule has 0 saturated heterocycles. The van der Waals surface area contributed by atoms with E-state index >= 15 is 0 Å². The topological polar surface area (TPSA) is 92.5 Å². The van der Waals surface area contributed by atoms with Gasteiger partial charge in [-0.3, -0.25) is 10.1 Å². The van der Waals surface area contributed by atoms with E-state index in [2.05, 4.69) is 5.32 Å². The molecule has 0 aliphatic carbocycles. The number of nitro benzene ring substituents is 1. The third kappa shape index (κ3) is 2.90. The average Bonchev–Trinajstić information content (AvgIpc) is 2.24. The number of halogens is 1. The Balaban J connectivity index is 3.10. The van der Waals surface area contributed by atoms with Gasteiger partial charge < -0.3 is 10.4 Å². The van der Waals surface area contributed by atoms with Gasteiger partial charge in [0.25, 0.3) is 0 Å². The lowest BCUT2D eigenvalue weighted by atomic mass is 10.2. The first-order chi connectivity index (χ1) is 7.97. The van der Waals surface area contributed by atoms with Crippen LogP contribution in [0.4, 0.5) is 15.8 Å². The van der Waals surface area contributed by atoms with Crippen molar-refractivity contribution in [1.82, 2.24) is 0 Å². The zero-order chi connectivity index (χ0) is 13.0. The number of benzene rings is 1. The second kappa shape index (κ2) is 5.24. The van der Waals surface area contributed by atoms with Gasteiger partial charge in [0, 0.05) is 0 Å². The predicted octanol–water partition coefficient (Wildman–Crippen LogP) is 2.01. The van der Waals surface area contributed by atoms with Crippen molar-refractivity contribution < 1.29 is 19.2 Å². The van der Waals surface area contributed by atoms with Crippen LogP contribution in [0.25, 0.3) is 0 Å². The molecule has 0 spiro atoms. The Bertz CT molecular complexity index is 450. The van der Waals surface area contributed by atoms with Crippen LogP contribution < -0.4 is 5.32 Å². The number of nitro groups is 1. The van der Waals surface area contributed by atoms with Crippen molar-refractivity contribution in [2.45, 2.75) is 19.4 Å². The van der Waals surface area contributed by atoms with Crippen LogP contribution in [0.1, 0.15) is 13.3 Å². The van der Waals surface area contributed by atoms with E-state index in [0.717, 1.165) is 6.07 Å². The SMILES string of the molecule is CCC(Nc1cccc(F)c1[N+](=O)[O-])C(=O)O. The normalized spacial score (nSPS) is 11.9. The van der Waals surface area contributed by atoms with Gasteiger partial charge in [-0.05, 0) is 18.6 Å². The summed E-state index contributed by atoms with van der Waals surface area (Å²) in [5, 5.41) is 21.9. The summed E-state index contributed by atoms with van der Waals surface area (Å²) in [6.45, 7) is 1.61. The molecule has 7 heteroatoms. The summed E-state index contributed by atoms with van der Waals surface area (Å²) in [6.07, 6.45) is 0.225. The summed E-state index contributed by atoms with van der Waals surface area (Å²) in [6, 6.07) is 2.51. The van der Waals surface area contributed by atoms with Crippen molar-refractivity contribution in [3.05, 3.63) is 34.1 Å². The van der Waals surface area contributed by atoms with Crippen molar-refractivity contribution in [2.24, 2.45) is 0 Å². The third-order valence-corrected chi connectivity index (χ3v) is 2.21. The fourth-order valence-electron chi connectivity index (χ4n) is 1.34. The molecule has 0 amide bonds. The number of carboxylic acid groups (broad SMARTS) is 1. The first-order valence-electron chi connectivity index (χ1n) is 4.89. The van der Waals surface area contributed by atoms with Crippen LogP contribution in [0.3, 0.4) is 0 Å². The maximum absolute atomic E-state index is 13.2. The number of anilines is 1. The van der Waals surface area contributed by atoms with E-state index in [9.17, 15) is 19.3 Å². The highest BCUT2D eigenvalue weighted by Gasteiger charge is 2.23. The van der Waals surface area contributed by atoms with Gasteiger partial charge in [0.1, 0.15) is 11.7 Å². The van der Waals surface area contributed by atoms with Crippen molar-refractivity contribution in [3.63, 3.8) is 0 Å². The number of carboxylic acids is 1. The number of hydrogen-bond acceptors (Lipinski definition) is 4. The molecule has 0 saturated carbocycles. The van der Waals surface area contributed by atoms with Crippen molar-refractivity contribution in [3.8, 4) is 0 Å².